The topological polar surface area (TPSA) is 144 Å². The molecule has 0 unspecified atom stereocenters. The van der Waals surface area contributed by atoms with Crippen LogP contribution in [0.3, 0.4) is 0 Å². The SMILES string of the molecule is N=C(c1ccnc(N)c1Cl)c1ncc(N2CCC3(CCC[C@H]3N)CC2)nc1N. The fraction of sp³-hybridized carbons (Fsp3) is 0.474. The average Bonchev–Trinajstić information content (AvgIpc) is 3.04. The van der Waals surface area contributed by atoms with Crippen molar-refractivity contribution in [1.82, 2.24) is 15.0 Å². The monoisotopic (exact) mass is 400 g/mol. The second-order valence-corrected chi connectivity index (χ2v) is 8.12. The van der Waals surface area contributed by atoms with Crippen molar-refractivity contribution in [2.24, 2.45) is 11.1 Å². The van der Waals surface area contributed by atoms with Gasteiger partial charge in [-0.2, -0.15) is 0 Å². The van der Waals surface area contributed by atoms with Crippen LogP contribution >= 0.6 is 11.6 Å². The number of nitrogens with one attached hydrogen (secondary N) is 1. The molecule has 4 rings (SSSR count). The molecule has 0 aromatic carbocycles. The zero-order chi connectivity index (χ0) is 19.9. The van der Waals surface area contributed by atoms with Gasteiger partial charge in [0.05, 0.1) is 16.9 Å². The maximum atomic E-state index is 8.42. The van der Waals surface area contributed by atoms with E-state index in [1.54, 1.807) is 12.3 Å². The van der Waals surface area contributed by atoms with E-state index in [-0.39, 0.29) is 33.5 Å². The molecule has 3 heterocycles. The second-order valence-electron chi connectivity index (χ2n) is 7.74. The Hall–Kier alpha value is -2.45. The Morgan fingerprint density at radius 1 is 1.18 bits per heavy atom. The van der Waals surface area contributed by atoms with Crippen LogP contribution in [-0.4, -0.2) is 39.8 Å². The minimum absolute atomic E-state index is 0.0742. The smallest absolute Gasteiger partial charge is 0.154 e. The first kappa shape index (κ1) is 18.9. The predicted molar refractivity (Wildman–Crippen MR) is 112 cm³/mol. The number of rotatable bonds is 3. The van der Waals surface area contributed by atoms with Crippen molar-refractivity contribution in [2.75, 3.05) is 29.5 Å². The largest absolute Gasteiger partial charge is 0.382 e. The Labute approximate surface area is 169 Å². The third-order valence-electron chi connectivity index (χ3n) is 6.27. The summed E-state index contributed by atoms with van der Waals surface area (Å²) < 4.78 is 0. The highest BCUT2D eigenvalue weighted by molar-refractivity contribution is 6.37. The van der Waals surface area contributed by atoms with E-state index in [1.807, 2.05) is 0 Å². The molecule has 2 aromatic rings. The summed E-state index contributed by atoms with van der Waals surface area (Å²) in [4.78, 5) is 15.0. The first-order valence-corrected chi connectivity index (χ1v) is 9.91. The average molecular weight is 401 g/mol. The summed E-state index contributed by atoms with van der Waals surface area (Å²) in [7, 11) is 0. The summed E-state index contributed by atoms with van der Waals surface area (Å²) in [6.07, 6.45) is 8.89. The van der Waals surface area contributed by atoms with E-state index in [2.05, 4.69) is 19.9 Å². The number of aromatic nitrogens is 3. The lowest BCUT2D eigenvalue weighted by atomic mass is 9.74. The van der Waals surface area contributed by atoms with Gasteiger partial charge in [-0.3, -0.25) is 5.41 Å². The molecule has 1 atom stereocenters. The zero-order valence-corrected chi connectivity index (χ0v) is 16.4. The first-order chi connectivity index (χ1) is 13.4. The van der Waals surface area contributed by atoms with Gasteiger partial charge in [0, 0.05) is 30.9 Å². The van der Waals surface area contributed by atoms with E-state index in [9.17, 15) is 0 Å². The number of halogens is 1. The summed E-state index contributed by atoms with van der Waals surface area (Å²) >= 11 is 6.18. The fourth-order valence-electron chi connectivity index (χ4n) is 4.49. The Balaban J connectivity index is 1.52. The number of anilines is 3. The highest BCUT2D eigenvalue weighted by Gasteiger charge is 2.43. The van der Waals surface area contributed by atoms with Crippen molar-refractivity contribution in [2.45, 2.75) is 38.1 Å². The number of nitrogens with zero attached hydrogens (tertiary/aromatic N) is 4. The van der Waals surface area contributed by atoms with Gasteiger partial charge in [-0.05, 0) is 37.2 Å². The highest BCUT2D eigenvalue weighted by Crippen LogP contribution is 2.45. The van der Waals surface area contributed by atoms with Gasteiger partial charge in [0.25, 0.3) is 0 Å². The quantitative estimate of drug-likeness (QED) is 0.578. The Morgan fingerprint density at radius 2 is 1.93 bits per heavy atom. The molecule has 1 saturated carbocycles. The number of nitrogen functional groups attached to an aromatic ring is 2. The zero-order valence-electron chi connectivity index (χ0n) is 15.7. The van der Waals surface area contributed by atoms with Crippen LogP contribution in [0.25, 0.3) is 0 Å². The van der Waals surface area contributed by atoms with E-state index >= 15 is 0 Å². The molecule has 2 aromatic heterocycles. The molecule has 0 bridgehead atoms. The van der Waals surface area contributed by atoms with Gasteiger partial charge in [-0.15, -0.1) is 0 Å². The summed E-state index contributed by atoms with van der Waals surface area (Å²) in [5.41, 5.74) is 19.3. The van der Waals surface area contributed by atoms with Gasteiger partial charge in [-0.1, -0.05) is 18.0 Å². The third-order valence-corrected chi connectivity index (χ3v) is 6.67. The van der Waals surface area contributed by atoms with Crippen molar-refractivity contribution in [3.8, 4) is 0 Å². The molecule has 148 valence electrons. The molecule has 1 saturated heterocycles. The maximum Gasteiger partial charge on any atom is 0.154 e. The summed E-state index contributed by atoms with van der Waals surface area (Å²) in [5, 5.41) is 8.63. The van der Waals surface area contributed by atoms with Crippen LogP contribution in [0.2, 0.25) is 5.02 Å². The molecular weight excluding hydrogens is 376 g/mol. The van der Waals surface area contributed by atoms with Crippen molar-refractivity contribution >= 4 is 34.8 Å². The molecule has 0 amide bonds. The van der Waals surface area contributed by atoms with Gasteiger partial charge >= 0.3 is 0 Å². The number of hydrogen-bond acceptors (Lipinski definition) is 8. The molecule has 1 aliphatic carbocycles. The molecule has 7 N–H and O–H groups in total. The van der Waals surface area contributed by atoms with Gasteiger partial charge in [0.2, 0.25) is 0 Å². The van der Waals surface area contributed by atoms with E-state index in [1.165, 1.54) is 19.0 Å². The Bertz CT molecular complexity index is 907. The molecule has 9 heteroatoms. The Kier molecular flexibility index (Phi) is 4.84. The number of piperidine rings is 1. The first-order valence-electron chi connectivity index (χ1n) is 9.53. The van der Waals surface area contributed by atoms with Crippen LogP contribution in [0.5, 0.6) is 0 Å². The van der Waals surface area contributed by atoms with Crippen LogP contribution in [0, 0.1) is 10.8 Å². The Morgan fingerprint density at radius 3 is 2.57 bits per heavy atom. The lowest BCUT2D eigenvalue weighted by molar-refractivity contribution is 0.197. The fourth-order valence-corrected chi connectivity index (χ4v) is 4.69. The van der Waals surface area contributed by atoms with Gasteiger partial charge in [-0.25, -0.2) is 15.0 Å². The van der Waals surface area contributed by atoms with E-state index in [0.29, 0.717) is 11.6 Å². The van der Waals surface area contributed by atoms with Gasteiger partial charge in [0.1, 0.15) is 17.3 Å². The standard InChI is InChI=1S/C19H25ClN8/c20-14-11(3-7-25-17(14)23)15(22)16-18(24)27-13(10-26-16)28-8-5-19(6-9-28)4-1-2-12(19)21/h3,7,10,12,22H,1-2,4-6,8-9,21H2,(H2,23,25)(H2,24,27)/t12-/m1/s1. The van der Waals surface area contributed by atoms with Crippen LogP contribution in [-0.2, 0) is 0 Å². The van der Waals surface area contributed by atoms with E-state index in [4.69, 9.17) is 34.2 Å². The predicted octanol–water partition coefficient (Wildman–Crippen LogP) is 2.20. The van der Waals surface area contributed by atoms with Crippen molar-refractivity contribution in [1.29, 1.82) is 5.41 Å². The molecule has 1 spiro atoms. The maximum absolute atomic E-state index is 8.42. The van der Waals surface area contributed by atoms with Crippen molar-refractivity contribution in [3.63, 3.8) is 0 Å². The van der Waals surface area contributed by atoms with Crippen molar-refractivity contribution < 1.29 is 0 Å². The third kappa shape index (κ3) is 3.16. The minimum Gasteiger partial charge on any atom is -0.382 e. The molecule has 2 aliphatic rings. The van der Waals surface area contributed by atoms with E-state index < -0.39 is 0 Å². The van der Waals surface area contributed by atoms with Crippen LogP contribution in [0.1, 0.15) is 43.4 Å². The van der Waals surface area contributed by atoms with Gasteiger partial charge in [0.15, 0.2) is 5.82 Å². The minimum atomic E-state index is 0.0742. The molecule has 28 heavy (non-hydrogen) atoms. The normalized spacial score (nSPS) is 21.2. The number of hydrogen-bond donors (Lipinski definition) is 4. The molecule has 0 radical (unpaired) electrons. The van der Waals surface area contributed by atoms with Crippen LogP contribution in [0.15, 0.2) is 18.5 Å². The van der Waals surface area contributed by atoms with Gasteiger partial charge < -0.3 is 22.1 Å². The molecule has 8 nitrogen and oxygen atoms in total. The van der Waals surface area contributed by atoms with Crippen molar-refractivity contribution in [3.05, 3.63) is 34.7 Å². The summed E-state index contributed by atoms with van der Waals surface area (Å²) in [6.45, 7) is 1.79. The van der Waals surface area contributed by atoms with Crippen LogP contribution < -0.4 is 22.1 Å². The summed E-state index contributed by atoms with van der Waals surface area (Å²) in [6, 6.07) is 1.93. The lowest BCUT2D eigenvalue weighted by Gasteiger charge is -2.42. The molecular formula is C19H25ClN8. The highest BCUT2D eigenvalue weighted by atomic mass is 35.5. The number of nitrogens with two attached hydrogens (primary N) is 3. The molecule has 1 aliphatic heterocycles. The lowest BCUT2D eigenvalue weighted by Crippen LogP contribution is -2.47. The second kappa shape index (κ2) is 7.18. The van der Waals surface area contributed by atoms with E-state index in [0.717, 1.165) is 38.2 Å². The number of pyridine rings is 1. The molecule has 2 fully saturated rings. The summed E-state index contributed by atoms with van der Waals surface area (Å²) in [5.74, 6) is 1.10. The van der Waals surface area contributed by atoms with Crippen LogP contribution in [0.4, 0.5) is 17.5 Å².